The molecule has 1 aliphatic rings. The largest absolute Gasteiger partial charge is 0.489 e. The molecule has 22 heavy (non-hydrogen) atoms. The van der Waals surface area contributed by atoms with E-state index in [2.05, 4.69) is 40.3 Å². The minimum atomic E-state index is 0.553. The highest BCUT2D eigenvalue weighted by atomic mass is 16.5. The van der Waals surface area contributed by atoms with Crippen LogP contribution in [0.1, 0.15) is 18.1 Å². The van der Waals surface area contributed by atoms with Gasteiger partial charge in [0, 0.05) is 55.7 Å². The van der Waals surface area contributed by atoms with E-state index in [9.17, 15) is 0 Å². The Morgan fingerprint density at radius 2 is 2.18 bits per heavy atom. The highest BCUT2D eigenvalue weighted by molar-refractivity contribution is 5.33. The molecule has 0 saturated carbocycles. The second-order valence-corrected chi connectivity index (χ2v) is 5.85. The van der Waals surface area contributed by atoms with Crippen LogP contribution in [-0.4, -0.2) is 35.6 Å². The van der Waals surface area contributed by atoms with E-state index < -0.39 is 0 Å². The highest BCUT2D eigenvalue weighted by Crippen LogP contribution is 2.21. The van der Waals surface area contributed by atoms with E-state index in [-0.39, 0.29) is 0 Å². The number of hydrogen-bond acceptors (Lipinski definition) is 4. The lowest BCUT2D eigenvalue weighted by molar-refractivity contribution is 0.195. The number of para-hydroxylation sites is 1. The predicted molar refractivity (Wildman–Crippen MR) is 87.8 cm³/mol. The molecule has 2 aromatic rings. The average molecular weight is 297 g/mol. The third-order valence-electron chi connectivity index (χ3n) is 3.94. The molecule has 1 unspecified atom stereocenters. The van der Waals surface area contributed by atoms with Crippen molar-refractivity contribution in [2.24, 2.45) is 0 Å². The van der Waals surface area contributed by atoms with E-state index in [1.165, 1.54) is 5.56 Å². The maximum absolute atomic E-state index is 6.01. The summed E-state index contributed by atoms with van der Waals surface area (Å²) in [7, 11) is 0. The van der Waals surface area contributed by atoms with Gasteiger partial charge in [-0.3, -0.25) is 9.88 Å². The molecule has 3 rings (SSSR count). The number of benzene rings is 1. The van der Waals surface area contributed by atoms with Crippen molar-refractivity contribution < 1.29 is 4.74 Å². The molecule has 4 heteroatoms. The van der Waals surface area contributed by atoms with Crippen LogP contribution in [0.25, 0.3) is 0 Å². The van der Waals surface area contributed by atoms with E-state index >= 15 is 0 Å². The van der Waals surface area contributed by atoms with Crippen LogP contribution in [0.4, 0.5) is 0 Å². The molecule has 0 spiro atoms. The number of pyridine rings is 1. The summed E-state index contributed by atoms with van der Waals surface area (Å²) in [6, 6.07) is 12.8. The molecule has 1 fully saturated rings. The fraction of sp³-hybridized carbons (Fsp3) is 0.389. The quantitative estimate of drug-likeness (QED) is 0.920. The molecule has 1 aromatic carbocycles. The van der Waals surface area contributed by atoms with E-state index in [4.69, 9.17) is 4.74 Å². The number of nitrogens with zero attached hydrogens (tertiary/aromatic N) is 2. The molecule has 0 radical (unpaired) electrons. The first-order chi connectivity index (χ1) is 10.8. The minimum Gasteiger partial charge on any atom is -0.489 e. The van der Waals surface area contributed by atoms with E-state index in [0.29, 0.717) is 12.6 Å². The van der Waals surface area contributed by atoms with Crippen molar-refractivity contribution in [3.8, 4) is 5.75 Å². The van der Waals surface area contributed by atoms with Crippen molar-refractivity contribution in [1.82, 2.24) is 15.2 Å². The maximum Gasteiger partial charge on any atom is 0.124 e. The Labute approximate surface area is 132 Å². The summed E-state index contributed by atoms with van der Waals surface area (Å²) < 4.78 is 6.01. The standard InChI is InChI=1S/C18H23N3O/c1-15-12-21(10-9-20-15)13-17-6-2-3-7-18(17)22-14-16-5-4-8-19-11-16/h2-8,11,15,20H,9-10,12-14H2,1H3. The van der Waals surface area contributed by atoms with Gasteiger partial charge in [0.05, 0.1) is 0 Å². The Kier molecular flexibility index (Phi) is 5.03. The van der Waals surface area contributed by atoms with Gasteiger partial charge in [-0.05, 0) is 19.1 Å². The SMILES string of the molecule is CC1CN(Cc2ccccc2OCc2cccnc2)CCN1. The van der Waals surface area contributed by atoms with Crippen LogP contribution in [0.2, 0.25) is 0 Å². The molecule has 1 aliphatic heterocycles. The molecule has 0 bridgehead atoms. The number of aromatic nitrogens is 1. The van der Waals surface area contributed by atoms with Crippen LogP contribution in [0.3, 0.4) is 0 Å². The topological polar surface area (TPSA) is 37.4 Å². The molecule has 0 aliphatic carbocycles. The Hall–Kier alpha value is -1.91. The summed E-state index contributed by atoms with van der Waals surface area (Å²) in [4.78, 5) is 6.61. The van der Waals surface area contributed by atoms with E-state index in [1.807, 2.05) is 24.4 Å². The zero-order chi connectivity index (χ0) is 15.2. The Morgan fingerprint density at radius 3 is 3.00 bits per heavy atom. The van der Waals surface area contributed by atoms with Crippen molar-refractivity contribution in [2.45, 2.75) is 26.1 Å². The Bertz CT molecular complexity index is 588. The van der Waals surface area contributed by atoms with Gasteiger partial charge >= 0.3 is 0 Å². The second kappa shape index (κ2) is 7.38. The Morgan fingerprint density at radius 1 is 1.27 bits per heavy atom. The van der Waals surface area contributed by atoms with E-state index in [1.54, 1.807) is 6.20 Å². The summed E-state index contributed by atoms with van der Waals surface area (Å²) in [6.45, 7) is 6.95. The molecule has 116 valence electrons. The van der Waals surface area contributed by atoms with Crippen molar-refractivity contribution in [1.29, 1.82) is 0 Å². The zero-order valence-electron chi connectivity index (χ0n) is 13.0. The van der Waals surface area contributed by atoms with Crippen LogP contribution >= 0.6 is 0 Å². The van der Waals surface area contributed by atoms with Gasteiger partial charge in [-0.15, -0.1) is 0 Å². The normalized spacial score (nSPS) is 19.0. The number of nitrogens with one attached hydrogen (secondary N) is 1. The van der Waals surface area contributed by atoms with Crippen molar-refractivity contribution in [3.63, 3.8) is 0 Å². The van der Waals surface area contributed by atoms with Gasteiger partial charge in [-0.25, -0.2) is 0 Å². The number of hydrogen-bond donors (Lipinski definition) is 1. The first-order valence-electron chi connectivity index (χ1n) is 7.86. The number of piperazine rings is 1. The first-order valence-corrected chi connectivity index (χ1v) is 7.86. The lowest BCUT2D eigenvalue weighted by Gasteiger charge is -2.32. The third-order valence-corrected chi connectivity index (χ3v) is 3.94. The van der Waals surface area contributed by atoms with Crippen LogP contribution < -0.4 is 10.1 Å². The van der Waals surface area contributed by atoms with Gasteiger partial charge in [0.15, 0.2) is 0 Å². The fourth-order valence-corrected chi connectivity index (χ4v) is 2.82. The molecular formula is C18H23N3O. The van der Waals surface area contributed by atoms with Gasteiger partial charge in [-0.1, -0.05) is 24.3 Å². The smallest absolute Gasteiger partial charge is 0.124 e. The van der Waals surface area contributed by atoms with Gasteiger partial charge in [0.25, 0.3) is 0 Å². The summed E-state index contributed by atoms with van der Waals surface area (Å²) in [6.07, 6.45) is 3.63. The summed E-state index contributed by atoms with van der Waals surface area (Å²) in [5.41, 5.74) is 2.34. The van der Waals surface area contributed by atoms with Crippen molar-refractivity contribution in [3.05, 3.63) is 59.9 Å². The molecule has 1 N–H and O–H groups in total. The number of ether oxygens (including phenoxy) is 1. The lowest BCUT2D eigenvalue weighted by Crippen LogP contribution is -2.48. The molecule has 0 amide bonds. The zero-order valence-corrected chi connectivity index (χ0v) is 13.0. The number of rotatable bonds is 5. The average Bonchev–Trinajstić information content (AvgIpc) is 2.55. The molecule has 1 atom stereocenters. The van der Waals surface area contributed by atoms with Crippen LogP contribution in [0.5, 0.6) is 5.75 Å². The van der Waals surface area contributed by atoms with Gasteiger partial charge in [0.2, 0.25) is 0 Å². The van der Waals surface area contributed by atoms with Crippen molar-refractivity contribution in [2.75, 3.05) is 19.6 Å². The van der Waals surface area contributed by atoms with Crippen LogP contribution in [-0.2, 0) is 13.2 Å². The third kappa shape index (κ3) is 4.06. The molecule has 1 aromatic heterocycles. The summed E-state index contributed by atoms with van der Waals surface area (Å²) >= 11 is 0. The van der Waals surface area contributed by atoms with Crippen molar-refractivity contribution >= 4 is 0 Å². The molecular weight excluding hydrogens is 274 g/mol. The molecule has 2 heterocycles. The summed E-state index contributed by atoms with van der Waals surface area (Å²) in [5.74, 6) is 0.970. The summed E-state index contributed by atoms with van der Waals surface area (Å²) in [5, 5.41) is 3.48. The first kappa shape index (κ1) is 15.0. The molecule has 4 nitrogen and oxygen atoms in total. The van der Waals surface area contributed by atoms with Gasteiger partial charge < -0.3 is 10.1 Å². The second-order valence-electron chi connectivity index (χ2n) is 5.85. The van der Waals surface area contributed by atoms with Gasteiger partial charge in [0.1, 0.15) is 12.4 Å². The predicted octanol–water partition coefficient (Wildman–Crippen LogP) is 2.45. The monoisotopic (exact) mass is 297 g/mol. The minimum absolute atomic E-state index is 0.553. The van der Waals surface area contributed by atoms with E-state index in [0.717, 1.165) is 37.5 Å². The van der Waals surface area contributed by atoms with Crippen LogP contribution in [0, 0.1) is 0 Å². The Balaban J connectivity index is 1.64. The van der Waals surface area contributed by atoms with Gasteiger partial charge in [-0.2, -0.15) is 0 Å². The maximum atomic E-state index is 6.01. The fourth-order valence-electron chi connectivity index (χ4n) is 2.82. The molecule has 1 saturated heterocycles. The lowest BCUT2D eigenvalue weighted by atomic mass is 10.1. The highest BCUT2D eigenvalue weighted by Gasteiger charge is 2.17. The van der Waals surface area contributed by atoms with Crippen LogP contribution in [0.15, 0.2) is 48.8 Å².